The lowest BCUT2D eigenvalue weighted by atomic mass is 10.00. The van der Waals surface area contributed by atoms with Crippen LogP contribution in [0, 0.1) is 5.82 Å². The van der Waals surface area contributed by atoms with E-state index in [1.54, 1.807) is 17.4 Å². The molecule has 19 heavy (non-hydrogen) atoms. The van der Waals surface area contributed by atoms with Gasteiger partial charge in [0.05, 0.1) is 4.47 Å². The molecule has 1 N–H and O–H groups in total. The normalized spacial score (nSPS) is 12.6. The molecule has 1 atom stereocenters. The number of halogens is 2. The first-order chi connectivity index (χ1) is 9.22. The zero-order valence-corrected chi connectivity index (χ0v) is 13.2. The summed E-state index contributed by atoms with van der Waals surface area (Å²) in [5.74, 6) is -0.198. The lowest BCUT2D eigenvalue weighted by Gasteiger charge is -2.19. The molecule has 0 saturated heterocycles. The van der Waals surface area contributed by atoms with Crippen molar-refractivity contribution >= 4 is 27.3 Å². The number of benzene rings is 1. The Hall–Kier alpha value is -0.710. The van der Waals surface area contributed by atoms with Crippen LogP contribution in [0.3, 0.4) is 0 Å². The van der Waals surface area contributed by atoms with Crippen molar-refractivity contribution in [2.75, 3.05) is 6.54 Å². The highest BCUT2D eigenvalue weighted by molar-refractivity contribution is 9.10. The van der Waals surface area contributed by atoms with Crippen LogP contribution in [0.1, 0.15) is 30.5 Å². The Morgan fingerprint density at radius 2 is 2.21 bits per heavy atom. The molecule has 0 radical (unpaired) electrons. The van der Waals surface area contributed by atoms with Gasteiger partial charge in [-0.3, -0.25) is 0 Å². The van der Waals surface area contributed by atoms with Crippen molar-refractivity contribution in [1.29, 1.82) is 0 Å². The van der Waals surface area contributed by atoms with Crippen molar-refractivity contribution in [3.63, 3.8) is 0 Å². The van der Waals surface area contributed by atoms with Gasteiger partial charge in [0, 0.05) is 6.04 Å². The van der Waals surface area contributed by atoms with Crippen molar-refractivity contribution in [3.05, 3.63) is 56.4 Å². The molecule has 4 heteroatoms. The molecule has 1 aromatic heterocycles. The molecule has 0 fully saturated rings. The number of rotatable bonds is 6. The van der Waals surface area contributed by atoms with Crippen molar-refractivity contribution in [1.82, 2.24) is 5.32 Å². The van der Waals surface area contributed by atoms with Crippen LogP contribution in [-0.2, 0) is 6.42 Å². The van der Waals surface area contributed by atoms with Crippen LogP contribution >= 0.6 is 27.3 Å². The van der Waals surface area contributed by atoms with Gasteiger partial charge in [-0.05, 0) is 69.3 Å². The molecule has 0 aliphatic rings. The van der Waals surface area contributed by atoms with Crippen LogP contribution in [-0.4, -0.2) is 6.54 Å². The third-order valence-corrected chi connectivity index (χ3v) is 4.68. The molecule has 1 unspecified atom stereocenters. The van der Waals surface area contributed by atoms with Gasteiger partial charge in [-0.25, -0.2) is 4.39 Å². The minimum atomic E-state index is -0.198. The predicted molar refractivity (Wildman–Crippen MR) is 83.2 cm³/mol. The topological polar surface area (TPSA) is 12.0 Å². The lowest BCUT2D eigenvalue weighted by Crippen LogP contribution is -2.22. The molecule has 0 aliphatic carbocycles. The number of thiophene rings is 1. The van der Waals surface area contributed by atoms with Gasteiger partial charge in [-0.2, -0.15) is 11.3 Å². The fourth-order valence-corrected chi connectivity index (χ4v) is 3.39. The summed E-state index contributed by atoms with van der Waals surface area (Å²) < 4.78 is 14.2. The second kappa shape index (κ2) is 7.17. The summed E-state index contributed by atoms with van der Waals surface area (Å²) in [6.07, 6.45) is 1.97. The maximum Gasteiger partial charge on any atom is 0.137 e. The van der Waals surface area contributed by atoms with E-state index in [1.807, 2.05) is 6.07 Å². The molecule has 1 heterocycles. The minimum Gasteiger partial charge on any atom is -0.310 e. The predicted octanol–water partition coefficient (Wildman–Crippen LogP) is 4.93. The average molecular weight is 342 g/mol. The van der Waals surface area contributed by atoms with Crippen molar-refractivity contribution in [2.24, 2.45) is 0 Å². The second-order valence-corrected chi connectivity index (χ2v) is 6.00. The quantitative estimate of drug-likeness (QED) is 0.785. The lowest BCUT2D eigenvalue weighted by molar-refractivity contribution is 0.508. The summed E-state index contributed by atoms with van der Waals surface area (Å²) in [5, 5.41) is 7.70. The highest BCUT2D eigenvalue weighted by atomic mass is 79.9. The van der Waals surface area contributed by atoms with Gasteiger partial charge in [0.2, 0.25) is 0 Å². The Kier molecular flexibility index (Phi) is 5.55. The molecule has 1 nitrogen and oxygen atoms in total. The average Bonchev–Trinajstić information content (AvgIpc) is 2.91. The Morgan fingerprint density at radius 3 is 2.89 bits per heavy atom. The third-order valence-electron chi connectivity index (χ3n) is 3.11. The van der Waals surface area contributed by atoms with Crippen molar-refractivity contribution in [2.45, 2.75) is 25.8 Å². The highest BCUT2D eigenvalue weighted by Crippen LogP contribution is 2.29. The molecule has 0 saturated carbocycles. The van der Waals surface area contributed by atoms with E-state index in [2.05, 4.69) is 45.0 Å². The van der Waals surface area contributed by atoms with Crippen LogP contribution < -0.4 is 5.32 Å². The first-order valence-electron chi connectivity index (χ1n) is 6.40. The fraction of sp³-hybridized carbons (Fsp3) is 0.333. The van der Waals surface area contributed by atoms with Gasteiger partial charge in [0.1, 0.15) is 5.82 Å². The molecule has 1 aromatic carbocycles. The summed E-state index contributed by atoms with van der Waals surface area (Å²) in [6.45, 7) is 2.95. The first kappa shape index (κ1) is 14.7. The molecular weight excluding hydrogens is 325 g/mol. The number of aryl methyl sites for hydroxylation is 1. The second-order valence-electron chi connectivity index (χ2n) is 4.42. The first-order valence-corrected chi connectivity index (χ1v) is 8.14. The largest absolute Gasteiger partial charge is 0.310 e. The van der Waals surface area contributed by atoms with Crippen LogP contribution in [0.15, 0.2) is 39.5 Å². The Morgan fingerprint density at radius 1 is 1.37 bits per heavy atom. The number of nitrogens with one attached hydrogen (secondary N) is 1. The molecular formula is C15H17BrFNS. The summed E-state index contributed by atoms with van der Waals surface area (Å²) in [4.78, 5) is 0. The molecule has 0 bridgehead atoms. The zero-order chi connectivity index (χ0) is 13.7. The zero-order valence-electron chi connectivity index (χ0n) is 10.8. The van der Waals surface area contributed by atoms with Crippen molar-refractivity contribution < 1.29 is 4.39 Å². The van der Waals surface area contributed by atoms with Crippen LogP contribution in [0.25, 0.3) is 0 Å². The SMILES string of the molecule is CCNC(CCc1ccsc1)c1cccc(F)c1Br. The molecule has 0 amide bonds. The molecule has 0 spiro atoms. The van der Waals surface area contributed by atoms with Gasteiger partial charge in [-0.15, -0.1) is 0 Å². The van der Waals surface area contributed by atoms with E-state index in [1.165, 1.54) is 11.6 Å². The van der Waals surface area contributed by atoms with Crippen LogP contribution in [0.2, 0.25) is 0 Å². The highest BCUT2D eigenvalue weighted by Gasteiger charge is 2.15. The number of hydrogen-bond donors (Lipinski definition) is 1. The van der Waals surface area contributed by atoms with E-state index >= 15 is 0 Å². The fourth-order valence-electron chi connectivity index (χ4n) is 2.15. The van der Waals surface area contributed by atoms with Gasteiger partial charge in [0.25, 0.3) is 0 Å². The van der Waals surface area contributed by atoms with E-state index in [-0.39, 0.29) is 11.9 Å². The van der Waals surface area contributed by atoms with Gasteiger partial charge in [0.15, 0.2) is 0 Å². The van der Waals surface area contributed by atoms with Gasteiger partial charge >= 0.3 is 0 Å². The summed E-state index contributed by atoms with van der Waals surface area (Å²) in [5.41, 5.74) is 2.34. The molecule has 0 aliphatic heterocycles. The Balaban J connectivity index is 2.12. The van der Waals surface area contributed by atoms with E-state index in [4.69, 9.17) is 0 Å². The maximum atomic E-state index is 13.6. The standard InChI is InChI=1S/C15H17BrFNS/c1-2-18-14(7-6-11-8-9-19-10-11)12-4-3-5-13(17)15(12)16/h3-5,8-10,14,18H,2,6-7H2,1H3. The maximum absolute atomic E-state index is 13.6. The summed E-state index contributed by atoms with van der Waals surface area (Å²) in [7, 11) is 0. The van der Waals surface area contributed by atoms with E-state index in [0.29, 0.717) is 4.47 Å². The molecule has 2 aromatic rings. The summed E-state index contributed by atoms with van der Waals surface area (Å²) >= 11 is 5.07. The smallest absolute Gasteiger partial charge is 0.137 e. The van der Waals surface area contributed by atoms with Crippen LogP contribution in [0.5, 0.6) is 0 Å². The van der Waals surface area contributed by atoms with E-state index in [0.717, 1.165) is 24.9 Å². The monoisotopic (exact) mass is 341 g/mol. The van der Waals surface area contributed by atoms with Crippen molar-refractivity contribution in [3.8, 4) is 0 Å². The van der Waals surface area contributed by atoms with E-state index in [9.17, 15) is 4.39 Å². The van der Waals surface area contributed by atoms with Gasteiger partial charge < -0.3 is 5.32 Å². The minimum absolute atomic E-state index is 0.176. The Labute approximate surface area is 126 Å². The summed E-state index contributed by atoms with van der Waals surface area (Å²) in [6, 6.07) is 7.55. The molecule has 102 valence electrons. The Bertz CT molecular complexity index is 513. The van der Waals surface area contributed by atoms with Crippen LogP contribution in [0.4, 0.5) is 4.39 Å². The third kappa shape index (κ3) is 3.88. The molecule has 2 rings (SSSR count). The van der Waals surface area contributed by atoms with Gasteiger partial charge in [-0.1, -0.05) is 19.1 Å². The van der Waals surface area contributed by atoms with E-state index < -0.39 is 0 Å². The number of hydrogen-bond acceptors (Lipinski definition) is 2.